The Bertz CT molecular complexity index is 1160. The predicted octanol–water partition coefficient (Wildman–Crippen LogP) is 3.18. The van der Waals surface area contributed by atoms with Crippen LogP contribution in [0.5, 0.6) is 0 Å². The van der Waals surface area contributed by atoms with Gasteiger partial charge in [-0.1, -0.05) is 36.4 Å². The maximum Gasteiger partial charge on any atom is 0.338 e. The number of hydrogen-bond acceptors (Lipinski definition) is 4. The van der Waals surface area contributed by atoms with Crippen LogP contribution in [0.15, 0.2) is 59.4 Å². The number of carbonyl (C=O) groups is 1. The van der Waals surface area contributed by atoms with Crippen molar-refractivity contribution in [2.45, 2.75) is 50.4 Å². The number of piperidine rings is 1. The first-order valence-electron chi connectivity index (χ1n) is 10.4. The summed E-state index contributed by atoms with van der Waals surface area (Å²) in [5.41, 5.74) is 1.14. The van der Waals surface area contributed by atoms with Crippen LogP contribution in [-0.4, -0.2) is 43.8 Å². The van der Waals surface area contributed by atoms with Crippen molar-refractivity contribution in [2.75, 3.05) is 0 Å². The monoisotopic (exact) mass is 404 g/mol. The van der Waals surface area contributed by atoms with Gasteiger partial charge in [0.15, 0.2) is 0 Å². The lowest BCUT2D eigenvalue weighted by Gasteiger charge is -2.37. The van der Waals surface area contributed by atoms with E-state index in [-0.39, 0.29) is 29.3 Å². The summed E-state index contributed by atoms with van der Waals surface area (Å²) in [6.07, 6.45) is 3.08. The summed E-state index contributed by atoms with van der Waals surface area (Å²) in [7, 11) is 0. The number of aromatic carboxylic acids is 1. The number of hydrogen-bond donors (Lipinski definition) is 2. The minimum absolute atomic E-state index is 0.180. The normalized spacial score (nSPS) is 23.7. The molecule has 2 aliphatic heterocycles. The average Bonchev–Trinajstić information content (AvgIpc) is 2.97. The van der Waals surface area contributed by atoms with Crippen LogP contribution in [0.25, 0.3) is 16.5 Å². The van der Waals surface area contributed by atoms with Gasteiger partial charge in [-0.15, -0.1) is 0 Å². The number of pyridine rings is 1. The van der Waals surface area contributed by atoms with Crippen LogP contribution in [0.2, 0.25) is 0 Å². The quantitative estimate of drug-likeness (QED) is 0.698. The smallest absolute Gasteiger partial charge is 0.338 e. The number of fused-ring (bicyclic) bond motifs is 3. The zero-order valence-corrected chi connectivity index (χ0v) is 16.6. The van der Waals surface area contributed by atoms with Crippen LogP contribution in [0.1, 0.15) is 41.7 Å². The average molecular weight is 404 g/mol. The molecule has 6 heteroatoms. The molecule has 2 aromatic carbocycles. The molecule has 154 valence electrons. The second-order valence-electron chi connectivity index (χ2n) is 8.33. The molecule has 0 aliphatic carbocycles. The summed E-state index contributed by atoms with van der Waals surface area (Å²) in [6.45, 7) is 0.374. The highest BCUT2D eigenvalue weighted by atomic mass is 16.4. The van der Waals surface area contributed by atoms with E-state index >= 15 is 0 Å². The number of rotatable bonds is 4. The highest BCUT2D eigenvalue weighted by Gasteiger charge is 2.41. The molecule has 6 nitrogen and oxygen atoms in total. The summed E-state index contributed by atoms with van der Waals surface area (Å²) in [4.78, 5) is 28.2. The molecular formula is C24H24N2O4. The molecule has 5 rings (SSSR count). The summed E-state index contributed by atoms with van der Waals surface area (Å²) in [6, 6.07) is 16.6. The third-order valence-corrected chi connectivity index (χ3v) is 6.61. The molecule has 2 bridgehead atoms. The fourth-order valence-electron chi connectivity index (χ4n) is 5.31. The van der Waals surface area contributed by atoms with Gasteiger partial charge in [-0.05, 0) is 43.9 Å². The van der Waals surface area contributed by atoms with Gasteiger partial charge in [0.2, 0.25) is 0 Å². The van der Waals surface area contributed by atoms with Crippen LogP contribution in [0, 0.1) is 0 Å². The van der Waals surface area contributed by atoms with E-state index < -0.39 is 5.97 Å². The second kappa shape index (κ2) is 7.38. The molecule has 0 saturated carbocycles. The van der Waals surface area contributed by atoms with Gasteiger partial charge >= 0.3 is 5.97 Å². The maximum absolute atomic E-state index is 13.5. The molecule has 0 radical (unpaired) electrons. The van der Waals surface area contributed by atoms with Crippen molar-refractivity contribution >= 4 is 16.7 Å². The van der Waals surface area contributed by atoms with E-state index in [2.05, 4.69) is 4.90 Å². The Morgan fingerprint density at radius 1 is 0.933 bits per heavy atom. The third kappa shape index (κ3) is 3.04. The van der Waals surface area contributed by atoms with E-state index in [1.807, 2.05) is 30.3 Å². The van der Waals surface area contributed by atoms with E-state index in [9.17, 15) is 19.8 Å². The molecule has 1 aromatic heterocycles. The standard InChI is InChI=1S/C24H24N2O4/c27-18-12-16-10-11-17(13-18)25(16)14-21-22(24(29)30)19-8-4-5-9-20(19)23(28)26(21)15-6-2-1-3-7-15/h1-9,16-18,27H,10-14H2,(H,29,30)/t16-,17?,18?/m0/s1. The number of benzene rings is 2. The Hall–Kier alpha value is -2.96. The molecule has 2 aliphatic rings. The number of nitrogens with zero attached hydrogens (tertiary/aromatic N) is 2. The summed E-state index contributed by atoms with van der Waals surface area (Å²) in [5, 5.41) is 21.2. The molecule has 30 heavy (non-hydrogen) atoms. The molecule has 0 spiro atoms. The van der Waals surface area contributed by atoms with Crippen molar-refractivity contribution in [1.82, 2.24) is 9.47 Å². The van der Waals surface area contributed by atoms with Crippen LogP contribution in [-0.2, 0) is 6.54 Å². The van der Waals surface area contributed by atoms with E-state index in [1.54, 1.807) is 28.8 Å². The zero-order chi connectivity index (χ0) is 20.8. The topological polar surface area (TPSA) is 82.8 Å². The molecule has 0 amide bonds. The minimum atomic E-state index is -1.03. The Morgan fingerprint density at radius 2 is 1.53 bits per heavy atom. The van der Waals surface area contributed by atoms with Gasteiger partial charge in [-0.3, -0.25) is 14.3 Å². The maximum atomic E-state index is 13.5. The highest BCUT2D eigenvalue weighted by Crippen LogP contribution is 2.37. The SMILES string of the molecule is O=C(O)c1c(CN2C3CC[C@H]2CC(O)C3)n(-c2ccccc2)c(=O)c2ccccc12. The van der Waals surface area contributed by atoms with Gasteiger partial charge in [-0.2, -0.15) is 0 Å². The van der Waals surface area contributed by atoms with E-state index in [4.69, 9.17) is 0 Å². The molecule has 2 unspecified atom stereocenters. The van der Waals surface area contributed by atoms with Crippen molar-refractivity contribution in [3.63, 3.8) is 0 Å². The van der Waals surface area contributed by atoms with Crippen molar-refractivity contribution in [3.8, 4) is 5.69 Å². The van der Waals surface area contributed by atoms with Crippen molar-refractivity contribution in [1.29, 1.82) is 0 Å². The first-order chi connectivity index (χ1) is 14.5. The Kier molecular flexibility index (Phi) is 4.68. The van der Waals surface area contributed by atoms with Gasteiger partial charge in [0.25, 0.3) is 5.56 Å². The summed E-state index contributed by atoms with van der Waals surface area (Å²) < 4.78 is 1.57. The molecule has 3 heterocycles. The van der Waals surface area contributed by atoms with Crippen LogP contribution in [0.3, 0.4) is 0 Å². The van der Waals surface area contributed by atoms with E-state index in [0.29, 0.717) is 41.5 Å². The predicted molar refractivity (Wildman–Crippen MR) is 114 cm³/mol. The van der Waals surface area contributed by atoms with E-state index in [1.165, 1.54) is 0 Å². The Balaban J connectivity index is 1.76. The summed E-state index contributed by atoms with van der Waals surface area (Å²) in [5.74, 6) is -1.03. The van der Waals surface area contributed by atoms with Crippen molar-refractivity contribution in [2.24, 2.45) is 0 Å². The zero-order valence-electron chi connectivity index (χ0n) is 16.6. The van der Waals surface area contributed by atoms with Gasteiger partial charge in [0.05, 0.1) is 17.4 Å². The number of carboxylic acids is 1. The molecule has 2 saturated heterocycles. The minimum Gasteiger partial charge on any atom is -0.478 e. The number of aromatic nitrogens is 1. The molecule has 3 aromatic rings. The first kappa shape index (κ1) is 19.0. The highest BCUT2D eigenvalue weighted by molar-refractivity contribution is 6.04. The van der Waals surface area contributed by atoms with Crippen LogP contribution >= 0.6 is 0 Å². The van der Waals surface area contributed by atoms with Crippen molar-refractivity contribution < 1.29 is 15.0 Å². The second-order valence-corrected chi connectivity index (χ2v) is 8.33. The fourth-order valence-corrected chi connectivity index (χ4v) is 5.31. The number of aliphatic hydroxyl groups is 1. The first-order valence-corrected chi connectivity index (χ1v) is 10.4. The lowest BCUT2D eigenvalue weighted by molar-refractivity contribution is 0.0295. The number of para-hydroxylation sites is 1. The lowest BCUT2D eigenvalue weighted by Crippen LogP contribution is -2.45. The van der Waals surface area contributed by atoms with Gasteiger partial charge in [-0.25, -0.2) is 4.79 Å². The van der Waals surface area contributed by atoms with E-state index in [0.717, 1.165) is 12.8 Å². The third-order valence-electron chi connectivity index (χ3n) is 6.61. The number of carboxylic acid groups (broad SMARTS) is 1. The molecule has 2 N–H and O–H groups in total. The van der Waals surface area contributed by atoms with Gasteiger partial charge in [0, 0.05) is 35.1 Å². The molecule has 3 atom stereocenters. The number of aliphatic hydroxyl groups excluding tert-OH is 1. The Labute approximate surface area is 174 Å². The van der Waals surface area contributed by atoms with Gasteiger partial charge < -0.3 is 10.2 Å². The lowest BCUT2D eigenvalue weighted by atomic mass is 9.97. The van der Waals surface area contributed by atoms with Crippen LogP contribution in [0.4, 0.5) is 0 Å². The molecule has 2 fully saturated rings. The van der Waals surface area contributed by atoms with Gasteiger partial charge in [0.1, 0.15) is 0 Å². The molecular weight excluding hydrogens is 380 g/mol. The van der Waals surface area contributed by atoms with Crippen molar-refractivity contribution in [3.05, 3.63) is 76.2 Å². The van der Waals surface area contributed by atoms with Crippen LogP contribution < -0.4 is 5.56 Å². The largest absolute Gasteiger partial charge is 0.478 e. The summed E-state index contributed by atoms with van der Waals surface area (Å²) >= 11 is 0. The fraction of sp³-hybridized carbons (Fsp3) is 0.333. The Morgan fingerprint density at radius 3 is 2.17 bits per heavy atom.